The highest BCUT2D eigenvalue weighted by atomic mass is 32.1. The summed E-state index contributed by atoms with van der Waals surface area (Å²) in [6, 6.07) is 19.6. The Hall–Kier alpha value is -3.55. The minimum atomic E-state index is -0.359. The maximum atomic E-state index is 14.4. The van der Waals surface area contributed by atoms with Gasteiger partial charge in [-0.3, -0.25) is 4.79 Å². The highest BCUT2D eigenvalue weighted by Gasteiger charge is 2.21. The van der Waals surface area contributed by atoms with Crippen LogP contribution in [-0.2, 0) is 11.3 Å². The number of aromatic nitrogens is 1. The number of fused-ring (bicyclic) bond motifs is 2. The molecule has 7 heteroatoms. The largest absolute Gasteiger partial charge is 0.436 e. The highest BCUT2D eigenvalue weighted by molar-refractivity contribution is 7.21. The Bertz CT molecular complexity index is 1370. The summed E-state index contributed by atoms with van der Waals surface area (Å²) in [7, 11) is 1.52. The quantitative estimate of drug-likeness (QED) is 0.357. The molecule has 1 amide bonds. The Labute approximate surface area is 181 Å². The van der Waals surface area contributed by atoms with E-state index in [4.69, 9.17) is 9.15 Å². The molecule has 2 aromatic heterocycles. The average Bonchev–Trinajstić information content (AvgIpc) is 3.37. The second-order valence-corrected chi connectivity index (χ2v) is 8.03. The molecule has 1 N–H and O–H groups in total. The lowest BCUT2D eigenvalue weighted by Crippen LogP contribution is -2.12. The molecule has 0 atom stereocenters. The van der Waals surface area contributed by atoms with Gasteiger partial charge in [-0.2, -0.15) is 0 Å². The number of carbonyl (C=O) groups is 1. The van der Waals surface area contributed by atoms with Crippen LogP contribution in [0.1, 0.15) is 15.2 Å². The van der Waals surface area contributed by atoms with Gasteiger partial charge in [-0.15, -0.1) is 11.3 Å². The van der Waals surface area contributed by atoms with Crippen LogP contribution in [0.3, 0.4) is 0 Å². The lowest BCUT2D eigenvalue weighted by atomic mass is 10.1. The molecule has 0 aliphatic carbocycles. The maximum Gasteiger partial charge on any atom is 0.266 e. The Morgan fingerprint density at radius 2 is 1.90 bits per heavy atom. The number of para-hydroxylation sites is 2. The van der Waals surface area contributed by atoms with Crippen molar-refractivity contribution in [1.82, 2.24) is 4.98 Å². The summed E-state index contributed by atoms with van der Waals surface area (Å²) >= 11 is 1.25. The predicted molar refractivity (Wildman–Crippen MR) is 120 cm³/mol. The van der Waals surface area contributed by atoms with Crippen LogP contribution >= 0.6 is 11.3 Å². The number of oxazole rings is 1. The number of thiophene rings is 1. The lowest BCUT2D eigenvalue weighted by Gasteiger charge is -2.07. The molecule has 0 bridgehead atoms. The molecule has 5 aromatic rings. The minimum absolute atomic E-state index is 0.153. The van der Waals surface area contributed by atoms with Crippen molar-refractivity contribution in [2.45, 2.75) is 6.61 Å². The van der Waals surface area contributed by atoms with Crippen molar-refractivity contribution < 1.29 is 18.3 Å². The predicted octanol–water partition coefficient (Wildman–Crippen LogP) is 6.25. The number of hydrogen-bond donors (Lipinski definition) is 1. The zero-order valence-corrected chi connectivity index (χ0v) is 17.3. The second-order valence-electron chi connectivity index (χ2n) is 6.97. The summed E-state index contributed by atoms with van der Waals surface area (Å²) in [4.78, 5) is 17.9. The first kappa shape index (κ1) is 19.4. The number of benzene rings is 3. The lowest BCUT2D eigenvalue weighted by molar-refractivity contribution is 0.102. The van der Waals surface area contributed by atoms with E-state index in [2.05, 4.69) is 10.3 Å². The summed E-state index contributed by atoms with van der Waals surface area (Å²) < 4.78 is 26.1. The number of rotatable bonds is 5. The number of anilines is 1. The fraction of sp³-hybridized carbons (Fsp3) is 0.0833. The third kappa shape index (κ3) is 3.58. The second kappa shape index (κ2) is 7.94. The smallest absolute Gasteiger partial charge is 0.266 e. The van der Waals surface area contributed by atoms with E-state index in [-0.39, 0.29) is 18.3 Å². The first-order chi connectivity index (χ1) is 15.1. The Balaban J connectivity index is 1.42. The molecule has 5 rings (SSSR count). The number of amides is 1. The molecule has 0 unspecified atom stereocenters. The van der Waals surface area contributed by atoms with Crippen LogP contribution in [-0.4, -0.2) is 18.0 Å². The van der Waals surface area contributed by atoms with Crippen LogP contribution in [0.5, 0.6) is 0 Å². The maximum absolute atomic E-state index is 14.4. The van der Waals surface area contributed by atoms with Gasteiger partial charge in [-0.05, 0) is 48.5 Å². The van der Waals surface area contributed by atoms with E-state index in [1.807, 2.05) is 36.4 Å². The molecular weight excluding hydrogens is 415 g/mol. The molecule has 0 radical (unpaired) electrons. The fourth-order valence-corrected chi connectivity index (χ4v) is 4.63. The summed E-state index contributed by atoms with van der Waals surface area (Å²) in [5.41, 5.74) is 3.49. The van der Waals surface area contributed by atoms with Crippen LogP contribution in [0.4, 0.5) is 10.1 Å². The molecule has 0 fully saturated rings. The van der Waals surface area contributed by atoms with Crippen molar-refractivity contribution in [1.29, 1.82) is 0 Å². The van der Waals surface area contributed by atoms with Gasteiger partial charge in [0.25, 0.3) is 5.91 Å². The van der Waals surface area contributed by atoms with Crippen LogP contribution in [0.2, 0.25) is 0 Å². The SMILES string of the molecule is COCc1c(C(=O)Nc2ccc(-c3nc4ccccc4o3)cc2)sc2cccc(F)c12. The van der Waals surface area contributed by atoms with Crippen molar-refractivity contribution >= 4 is 44.1 Å². The first-order valence-corrected chi connectivity index (χ1v) is 10.4. The minimum Gasteiger partial charge on any atom is -0.436 e. The van der Waals surface area contributed by atoms with E-state index in [0.717, 1.165) is 16.7 Å². The van der Waals surface area contributed by atoms with Crippen molar-refractivity contribution in [3.05, 3.63) is 83.0 Å². The molecule has 154 valence electrons. The highest BCUT2D eigenvalue weighted by Crippen LogP contribution is 2.34. The van der Waals surface area contributed by atoms with Gasteiger partial charge in [0.15, 0.2) is 5.58 Å². The molecular formula is C24H17FN2O3S. The van der Waals surface area contributed by atoms with E-state index in [9.17, 15) is 9.18 Å². The van der Waals surface area contributed by atoms with Gasteiger partial charge in [0.05, 0.1) is 11.5 Å². The molecule has 0 aliphatic rings. The van der Waals surface area contributed by atoms with Crippen molar-refractivity contribution in [3.63, 3.8) is 0 Å². The van der Waals surface area contributed by atoms with Gasteiger partial charge in [0.2, 0.25) is 5.89 Å². The monoisotopic (exact) mass is 432 g/mol. The first-order valence-electron chi connectivity index (χ1n) is 9.60. The molecule has 0 spiro atoms. The number of halogens is 1. The zero-order chi connectivity index (χ0) is 21.4. The zero-order valence-electron chi connectivity index (χ0n) is 16.5. The molecule has 0 aliphatic heterocycles. The van der Waals surface area contributed by atoms with Gasteiger partial charge >= 0.3 is 0 Å². The Kier molecular flexibility index (Phi) is 4.97. The summed E-state index contributed by atoms with van der Waals surface area (Å²) in [6.07, 6.45) is 0. The molecule has 31 heavy (non-hydrogen) atoms. The number of ether oxygens (including phenoxy) is 1. The van der Waals surface area contributed by atoms with E-state index in [0.29, 0.717) is 32.1 Å². The number of hydrogen-bond acceptors (Lipinski definition) is 5. The topological polar surface area (TPSA) is 64.4 Å². The number of methoxy groups -OCH3 is 1. The van der Waals surface area contributed by atoms with E-state index >= 15 is 0 Å². The van der Waals surface area contributed by atoms with Gasteiger partial charge in [-0.25, -0.2) is 9.37 Å². The molecule has 2 heterocycles. The van der Waals surface area contributed by atoms with E-state index in [1.165, 1.54) is 24.5 Å². The third-order valence-electron chi connectivity index (χ3n) is 4.94. The number of carbonyl (C=O) groups excluding carboxylic acids is 1. The fourth-order valence-electron chi connectivity index (χ4n) is 3.51. The van der Waals surface area contributed by atoms with Gasteiger partial charge in [-0.1, -0.05) is 18.2 Å². The standard InChI is InChI=1S/C24H17FN2O3S/c1-29-13-16-21-17(25)5-4-8-20(21)31-22(16)23(28)26-15-11-9-14(10-12-15)24-27-18-6-2-3-7-19(18)30-24/h2-12H,13H2,1H3,(H,26,28). The van der Waals surface area contributed by atoms with E-state index < -0.39 is 0 Å². The number of nitrogens with one attached hydrogen (secondary N) is 1. The molecule has 3 aromatic carbocycles. The van der Waals surface area contributed by atoms with Gasteiger partial charge in [0, 0.05) is 34.0 Å². The average molecular weight is 432 g/mol. The van der Waals surface area contributed by atoms with Crippen LogP contribution in [0.15, 0.2) is 71.1 Å². The van der Waals surface area contributed by atoms with E-state index in [1.54, 1.807) is 24.3 Å². The van der Waals surface area contributed by atoms with Crippen molar-refractivity contribution in [2.75, 3.05) is 12.4 Å². The summed E-state index contributed by atoms with van der Waals surface area (Å²) in [5.74, 6) is -0.147. The van der Waals surface area contributed by atoms with Crippen LogP contribution in [0, 0.1) is 5.82 Å². The molecule has 0 saturated carbocycles. The normalized spacial score (nSPS) is 11.3. The van der Waals surface area contributed by atoms with Crippen molar-refractivity contribution in [2.24, 2.45) is 0 Å². The Morgan fingerprint density at radius 1 is 1.10 bits per heavy atom. The van der Waals surface area contributed by atoms with Crippen LogP contribution < -0.4 is 5.32 Å². The van der Waals surface area contributed by atoms with Gasteiger partial charge < -0.3 is 14.5 Å². The van der Waals surface area contributed by atoms with Crippen molar-refractivity contribution in [3.8, 4) is 11.5 Å². The molecule has 5 nitrogen and oxygen atoms in total. The third-order valence-corrected chi connectivity index (χ3v) is 6.14. The van der Waals surface area contributed by atoms with Crippen LogP contribution in [0.25, 0.3) is 32.6 Å². The molecule has 0 saturated heterocycles. The van der Waals surface area contributed by atoms with Gasteiger partial charge in [0.1, 0.15) is 11.3 Å². The Morgan fingerprint density at radius 3 is 2.68 bits per heavy atom. The summed E-state index contributed by atoms with van der Waals surface area (Å²) in [5, 5.41) is 3.32. The summed E-state index contributed by atoms with van der Waals surface area (Å²) in [6.45, 7) is 0.153. The number of nitrogens with zero attached hydrogens (tertiary/aromatic N) is 1.